The molecule has 0 bridgehead atoms. The van der Waals surface area contributed by atoms with Crippen LogP contribution in [-0.4, -0.2) is 22.9 Å². The molecule has 0 aliphatic carbocycles. The molecule has 0 unspecified atom stereocenters. The molecule has 6 aromatic rings. The number of hydrogen-bond acceptors (Lipinski definition) is 4. The summed E-state index contributed by atoms with van der Waals surface area (Å²) in [6.45, 7) is 2.04. The highest BCUT2D eigenvalue weighted by Gasteiger charge is 2.23. The van der Waals surface area contributed by atoms with Gasteiger partial charge in [-0.1, -0.05) is 48.0 Å². The third-order valence-corrected chi connectivity index (χ3v) is 7.82. The van der Waals surface area contributed by atoms with Crippen molar-refractivity contribution in [1.82, 2.24) is 9.97 Å². The van der Waals surface area contributed by atoms with Crippen molar-refractivity contribution in [1.29, 1.82) is 0 Å². The summed E-state index contributed by atoms with van der Waals surface area (Å²) >= 11 is 7.69. The second-order valence-electron chi connectivity index (χ2n) is 9.00. The fourth-order valence-corrected chi connectivity index (χ4v) is 5.79. The Bertz CT molecular complexity index is 1780. The van der Waals surface area contributed by atoms with Crippen molar-refractivity contribution >= 4 is 50.4 Å². The fourth-order valence-electron chi connectivity index (χ4n) is 4.85. The molecule has 0 saturated carbocycles. The minimum atomic E-state index is -0.102. The third-order valence-electron chi connectivity index (χ3n) is 6.72. The van der Waals surface area contributed by atoms with E-state index in [1.807, 2.05) is 25.1 Å². The summed E-state index contributed by atoms with van der Waals surface area (Å²) < 4.78 is 5.66. The maximum atomic E-state index is 13.7. The second kappa shape index (κ2) is 9.51. The summed E-state index contributed by atoms with van der Waals surface area (Å²) in [5, 5.41) is 6.96. The number of thiazole rings is 1. The lowest BCUT2D eigenvalue weighted by Gasteiger charge is -2.11. The first-order valence-electron chi connectivity index (χ1n) is 11.9. The van der Waals surface area contributed by atoms with Crippen molar-refractivity contribution < 1.29 is 9.53 Å². The zero-order valence-corrected chi connectivity index (χ0v) is 21.9. The second-order valence-corrected chi connectivity index (χ2v) is 10.4. The van der Waals surface area contributed by atoms with Crippen molar-refractivity contribution in [3.63, 3.8) is 0 Å². The van der Waals surface area contributed by atoms with Crippen LogP contribution in [0.2, 0.25) is 5.02 Å². The number of aromatic amines is 1. The Hall–Kier alpha value is -3.93. The van der Waals surface area contributed by atoms with Gasteiger partial charge in [0.25, 0.3) is 0 Å². The minimum absolute atomic E-state index is 0.102. The summed E-state index contributed by atoms with van der Waals surface area (Å²) in [5.74, 6) is 0.444. The van der Waals surface area contributed by atoms with Gasteiger partial charge in [0.15, 0.2) is 5.78 Å². The van der Waals surface area contributed by atoms with Gasteiger partial charge in [-0.15, -0.1) is 11.3 Å². The van der Waals surface area contributed by atoms with Gasteiger partial charge in [-0.2, -0.15) is 0 Å². The Labute approximate surface area is 223 Å². The highest BCUT2D eigenvalue weighted by molar-refractivity contribution is 7.10. The van der Waals surface area contributed by atoms with Crippen LogP contribution >= 0.6 is 22.9 Å². The number of rotatable bonds is 6. The first kappa shape index (κ1) is 23.5. The van der Waals surface area contributed by atoms with Gasteiger partial charge in [0.1, 0.15) is 5.75 Å². The van der Waals surface area contributed by atoms with Gasteiger partial charge >= 0.3 is 0 Å². The van der Waals surface area contributed by atoms with Gasteiger partial charge in [-0.3, -0.25) is 4.79 Å². The Kier molecular flexibility index (Phi) is 6.03. The number of ether oxygens (including phenoxy) is 1. The Morgan fingerprint density at radius 3 is 2.57 bits per heavy atom. The molecule has 182 valence electrons. The Morgan fingerprint density at radius 1 is 1.00 bits per heavy atom. The Morgan fingerprint density at radius 2 is 1.78 bits per heavy atom. The van der Waals surface area contributed by atoms with Crippen molar-refractivity contribution in [2.24, 2.45) is 0 Å². The summed E-state index contributed by atoms with van der Waals surface area (Å²) in [5.41, 5.74) is 6.12. The number of methoxy groups -OCH3 is 1. The van der Waals surface area contributed by atoms with Crippen LogP contribution in [0.15, 0.2) is 84.2 Å². The van der Waals surface area contributed by atoms with E-state index in [1.165, 1.54) is 10.8 Å². The van der Waals surface area contributed by atoms with Crippen LogP contribution in [0.3, 0.4) is 0 Å². The van der Waals surface area contributed by atoms with Crippen molar-refractivity contribution in [2.75, 3.05) is 7.11 Å². The van der Waals surface area contributed by atoms with Crippen molar-refractivity contribution in [3.8, 4) is 17.0 Å². The van der Waals surface area contributed by atoms with E-state index in [0.717, 1.165) is 38.4 Å². The van der Waals surface area contributed by atoms with Gasteiger partial charge in [0, 0.05) is 44.5 Å². The zero-order valence-electron chi connectivity index (χ0n) is 20.3. The van der Waals surface area contributed by atoms with Crippen molar-refractivity contribution in [2.45, 2.75) is 13.3 Å². The van der Waals surface area contributed by atoms with Gasteiger partial charge in [-0.05, 0) is 65.7 Å². The van der Waals surface area contributed by atoms with Crippen LogP contribution in [0.5, 0.6) is 5.75 Å². The molecule has 6 heteroatoms. The first-order valence-corrected chi connectivity index (χ1v) is 13.2. The predicted molar refractivity (Wildman–Crippen MR) is 152 cm³/mol. The van der Waals surface area contributed by atoms with Crippen LogP contribution in [0, 0.1) is 6.92 Å². The van der Waals surface area contributed by atoms with Crippen LogP contribution in [0.4, 0.5) is 0 Å². The molecule has 0 radical (unpaired) electrons. The smallest absolute Gasteiger partial charge is 0.197 e. The van der Waals surface area contributed by atoms with Crippen LogP contribution in [0.1, 0.15) is 32.2 Å². The topological polar surface area (TPSA) is 55.0 Å². The minimum Gasteiger partial charge on any atom is -0.496 e. The molecule has 4 nitrogen and oxygen atoms in total. The molecule has 0 aliphatic heterocycles. The number of hydrogen-bond donors (Lipinski definition) is 1. The van der Waals surface area contributed by atoms with E-state index in [4.69, 9.17) is 21.3 Å². The molecule has 2 aromatic heterocycles. The van der Waals surface area contributed by atoms with E-state index in [1.54, 1.807) is 42.7 Å². The highest BCUT2D eigenvalue weighted by atomic mass is 35.5. The normalized spacial score (nSPS) is 11.3. The number of carbonyl (C=O) groups excluding carboxylic acids is 1. The lowest BCUT2D eigenvalue weighted by Crippen LogP contribution is -2.06. The third kappa shape index (κ3) is 4.31. The number of H-pyrrole nitrogens is 1. The fraction of sp³-hybridized carbons (Fsp3) is 0.0968. The van der Waals surface area contributed by atoms with Gasteiger partial charge in [0.05, 0.1) is 23.4 Å². The average Bonchev–Trinajstić information content (AvgIpc) is 3.52. The van der Waals surface area contributed by atoms with Crippen LogP contribution in [0.25, 0.3) is 32.9 Å². The van der Waals surface area contributed by atoms with E-state index in [-0.39, 0.29) is 5.78 Å². The van der Waals surface area contributed by atoms with Gasteiger partial charge < -0.3 is 9.72 Å². The number of nitrogens with one attached hydrogen (secondary N) is 1. The molecule has 0 saturated heterocycles. The number of carbonyl (C=O) groups is 1. The molecule has 0 amide bonds. The number of ketones is 1. The van der Waals surface area contributed by atoms with E-state index in [2.05, 4.69) is 46.8 Å². The lowest BCUT2D eigenvalue weighted by molar-refractivity contribution is 0.103. The number of aromatic nitrogens is 2. The number of nitrogens with zero attached hydrogens (tertiary/aromatic N) is 1. The maximum absolute atomic E-state index is 13.7. The standard InChI is InChI=1S/C31H23ClN2O2S/c1-18-24(16-28-34-26(17-37-28)22-8-7-19-5-3-4-6-21(19)15-22)29-25(33-18)13-14-27(36-2)30(29)31(35)20-9-11-23(32)12-10-20/h3-15,17,33H,16H2,1-2H3. The van der Waals surface area contributed by atoms with E-state index < -0.39 is 0 Å². The maximum Gasteiger partial charge on any atom is 0.197 e. The Balaban J connectivity index is 1.42. The number of benzene rings is 4. The lowest BCUT2D eigenvalue weighted by atomic mass is 9.95. The van der Waals surface area contributed by atoms with Gasteiger partial charge in [-0.25, -0.2) is 4.98 Å². The molecule has 6 rings (SSSR count). The molecular formula is C31H23ClN2O2S. The first-order chi connectivity index (χ1) is 18.0. The summed E-state index contributed by atoms with van der Waals surface area (Å²) in [6, 6.07) is 25.5. The molecule has 4 aromatic carbocycles. The van der Waals surface area contributed by atoms with E-state index >= 15 is 0 Å². The molecule has 1 N–H and O–H groups in total. The quantitative estimate of drug-likeness (QED) is 0.224. The summed E-state index contributed by atoms with van der Waals surface area (Å²) in [6.07, 6.45) is 0.609. The number of aryl methyl sites for hydroxylation is 1. The largest absolute Gasteiger partial charge is 0.496 e. The molecule has 0 spiro atoms. The number of fused-ring (bicyclic) bond motifs is 2. The number of halogens is 1. The monoisotopic (exact) mass is 522 g/mol. The van der Waals surface area contributed by atoms with E-state index in [9.17, 15) is 4.79 Å². The molecule has 37 heavy (non-hydrogen) atoms. The zero-order chi connectivity index (χ0) is 25.5. The molecule has 2 heterocycles. The molecule has 0 atom stereocenters. The van der Waals surface area contributed by atoms with Crippen LogP contribution in [-0.2, 0) is 6.42 Å². The molecule has 0 aliphatic rings. The summed E-state index contributed by atoms with van der Waals surface area (Å²) in [4.78, 5) is 22.1. The van der Waals surface area contributed by atoms with Crippen LogP contribution < -0.4 is 4.74 Å². The molecule has 0 fully saturated rings. The van der Waals surface area contributed by atoms with E-state index in [0.29, 0.717) is 28.3 Å². The predicted octanol–water partition coefficient (Wildman–Crippen LogP) is 8.24. The average molecular weight is 523 g/mol. The van der Waals surface area contributed by atoms with Gasteiger partial charge in [0.2, 0.25) is 0 Å². The van der Waals surface area contributed by atoms with Crippen molar-refractivity contribution in [3.05, 3.63) is 117 Å². The molecular weight excluding hydrogens is 500 g/mol. The highest BCUT2D eigenvalue weighted by Crippen LogP contribution is 2.36. The SMILES string of the molecule is COc1ccc2[nH]c(C)c(Cc3nc(-c4ccc5ccccc5c4)cs3)c2c1C(=O)c1ccc(Cl)cc1. The summed E-state index contributed by atoms with van der Waals surface area (Å²) in [7, 11) is 1.59.